The number of methoxy groups -OCH3 is 2. The van der Waals surface area contributed by atoms with E-state index >= 15 is 0 Å². The van der Waals surface area contributed by atoms with Crippen LogP contribution in [-0.4, -0.2) is 26.0 Å². The second-order valence-corrected chi connectivity index (χ2v) is 7.52. The Balaban J connectivity index is 1.33. The number of amides is 2. The minimum absolute atomic E-state index is 0.228. The lowest BCUT2D eigenvalue weighted by molar-refractivity contribution is 0.101. The number of hydrogen-bond acceptors (Lipinski definition) is 5. The Hall–Kier alpha value is -4.78. The Morgan fingerprint density at radius 3 is 1.11 bits per heavy atom. The Morgan fingerprint density at radius 1 is 0.486 bits per heavy atom. The maximum Gasteiger partial charge on any atom is 0.255 e. The summed E-state index contributed by atoms with van der Waals surface area (Å²) in [6, 6.07) is 27.8. The third-order valence-corrected chi connectivity index (χ3v) is 5.16. The van der Waals surface area contributed by atoms with Gasteiger partial charge in [0.1, 0.15) is 23.0 Å². The lowest BCUT2D eigenvalue weighted by Crippen LogP contribution is -2.11. The minimum atomic E-state index is -0.228. The third-order valence-electron chi connectivity index (χ3n) is 5.16. The topological polar surface area (TPSA) is 85.9 Å². The van der Waals surface area contributed by atoms with Gasteiger partial charge >= 0.3 is 0 Å². The van der Waals surface area contributed by atoms with Crippen molar-refractivity contribution < 1.29 is 23.8 Å². The number of rotatable bonds is 8. The summed E-state index contributed by atoms with van der Waals surface area (Å²) in [6.45, 7) is 0. The van der Waals surface area contributed by atoms with E-state index in [1.165, 1.54) is 0 Å². The van der Waals surface area contributed by atoms with Gasteiger partial charge in [0.25, 0.3) is 11.8 Å². The van der Waals surface area contributed by atoms with Crippen LogP contribution in [0.5, 0.6) is 23.0 Å². The molecular formula is C28H24N2O5. The van der Waals surface area contributed by atoms with Crippen molar-refractivity contribution in [1.82, 2.24) is 0 Å². The molecule has 4 aromatic carbocycles. The van der Waals surface area contributed by atoms with E-state index in [2.05, 4.69) is 10.6 Å². The van der Waals surface area contributed by atoms with Gasteiger partial charge < -0.3 is 24.8 Å². The number of carbonyl (C=O) groups excluding carboxylic acids is 2. The van der Waals surface area contributed by atoms with Gasteiger partial charge in [-0.3, -0.25) is 9.59 Å². The smallest absolute Gasteiger partial charge is 0.255 e. The SMILES string of the molecule is COc1ccc(NC(=O)c2ccc(Oc3ccc(C(=O)Nc4ccc(OC)cc4)cc3)cc2)cc1. The molecule has 0 aliphatic heterocycles. The number of hydrogen-bond donors (Lipinski definition) is 2. The molecule has 4 rings (SSSR count). The van der Waals surface area contributed by atoms with Crippen molar-refractivity contribution >= 4 is 23.2 Å². The normalized spacial score (nSPS) is 10.2. The van der Waals surface area contributed by atoms with Crippen molar-refractivity contribution in [3.8, 4) is 23.0 Å². The first kappa shape index (κ1) is 23.4. The van der Waals surface area contributed by atoms with Crippen molar-refractivity contribution in [2.75, 3.05) is 24.9 Å². The molecule has 4 aromatic rings. The van der Waals surface area contributed by atoms with Gasteiger partial charge in [-0.15, -0.1) is 0 Å². The van der Waals surface area contributed by atoms with E-state index in [4.69, 9.17) is 14.2 Å². The van der Waals surface area contributed by atoms with Gasteiger partial charge in [0.2, 0.25) is 0 Å². The highest BCUT2D eigenvalue weighted by Crippen LogP contribution is 2.23. The molecule has 0 unspecified atom stereocenters. The van der Waals surface area contributed by atoms with Gasteiger partial charge in [0.15, 0.2) is 0 Å². The summed E-state index contributed by atoms with van der Waals surface area (Å²) in [5.74, 6) is 2.12. The molecule has 0 bridgehead atoms. The number of ether oxygens (including phenoxy) is 3. The van der Waals surface area contributed by atoms with Crippen LogP contribution in [0.3, 0.4) is 0 Å². The van der Waals surface area contributed by atoms with Crippen molar-refractivity contribution in [3.05, 3.63) is 108 Å². The van der Waals surface area contributed by atoms with E-state index in [1.807, 2.05) is 0 Å². The van der Waals surface area contributed by atoms with Gasteiger partial charge in [-0.05, 0) is 97.1 Å². The monoisotopic (exact) mass is 468 g/mol. The van der Waals surface area contributed by atoms with Gasteiger partial charge in [-0.25, -0.2) is 0 Å². The molecule has 0 fully saturated rings. The highest BCUT2D eigenvalue weighted by Gasteiger charge is 2.09. The van der Waals surface area contributed by atoms with Gasteiger partial charge in [0, 0.05) is 22.5 Å². The number of anilines is 2. The quantitative estimate of drug-likeness (QED) is 0.331. The van der Waals surface area contributed by atoms with Crippen LogP contribution in [0.4, 0.5) is 11.4 Å². The lowest BCUT2D eigenvalue weighted by atomic mass is 10.2. The van der Waals surface area contributed by atoms with E-state index in [1.54, 1.807) is 111 Å². The molecule has 176 valence electrons. The van der Waals surface area contributed by atoms with Crippen molar-refractivity contribution in [2.24, 2.45) is 0 Å². The fourth-order valence-corrected chi connectivity index (χ4v) is 3.24. The molecule has 2 amide bonds. The fourth-order valence-electron chi connectivity index (χ4n) is 3.24. The molecule has 7 heteroatoms. The third kappa shape index (κ3) is 6.17. The second-order valence-electron chi connectivity index (χ2n) is 7.52. The van der Waals surface area contributed by atoms with E-state index in [0.29, 0.717) is 34.0 Å². The van der Waals surface area contributed by atoms with Gasteiger partial charge in [-0.2, -0.15) is 0 Å². The second kappa shape index (κ2) is 10.9. The van der Waals surface area contributed by atoms with Crippen molar-refractivity contribution in [3.63, 3.8) is 0 Å². The number of carbonyl (C=O) groups is 2. The molecule has 35 heavy (non-hydrogen) atoms. The largest absolute Gasteiger partial charge is 0.497 e. The Morgan fingerprint density at radius 2 is 0.800 bits per heavy atom. The molecule has 0 heterocycles. The molecular weight excluding hydrogens is 444 g/mol. The van der Waals surface area contributed by atoms with E-state index in [0.717, 1.165) is 11.5 Å². The summed E-state index contributed by atoms with van der Waals surface area (Å²) in [4.78, 5) is 25.0. The first-order chi connectivity index (χ1) is 17.0. The minimum Gasteiger partial charge on any atom is -0.497 e. The van der Waals surface area contributed by atoms with Crippen LogP contribution in [0.2, 0.25) is 0 Å². The zero-order chi connectivity index (χ0) is 24.6. The maximum absolute atomic E-state index is 12.5. The van der Waals surface area contributed by atoms with Crippen LogP contribution in [-0.2, 0) is 0 Å². The lowest BCUT2D eigenvalue weighted by Gasteiger charge is -2.09. The number of benzene rings is 4. The summed E-state index contributed by atoms with van der Waals surface area (Å²) in [7, 11) is 3.18. The van der Waals surface area contributed by atoms with Crippen LogP contribution >= 0.6 is 0 Å². The van der Waals surface area contributed by atoms with Crippen LogP contribution in [0, 0.1) is 0 Å². The van der Waals surface area contributed by atoms with Gasteiger partial charge in [-0.1, -0.05) is 0 Å². The molecule has 0 spiro atoms. The Labute approximate surface area is 203 Å². The predicted molar refractivity (Wildman–Crippen MR) is 135 cm³/mol. The fraction of sp³-hybridized carbons (Fsp3) is 0.0714. The van der Waals surface area contributed by atoms with Crippen molar-refractivity contribution in [1.29, 1.82) is 0 Å². The summed E-state index contributed by atoms with van der Waals surface area (Å²) in [6.07, 6.45) is 0. The van der Waals surface area contributed by atoms with Crippen LogP contribution in [0.25, 0.3) is 0 Å². The Kier molecular flexibility index (Phi) is 7.28. The molecule has 0 radical (unpaired) electrons. The highest BCUT2D eigenvalue weighted by atomic mass is 16.5. The highest BCUT2D eigenvalue weighted by molar-refractivity contribution is 6.05. The van der Waals surface area contributed by atoms with Crippen LogP contribution in [0.1, 0.15) is 20.7 Å². The first-order valence-corrected chi connectivity index (χ1v) is 10.8. The summed E-state index contributed by atoms with van der Waals surface area (Å²) in [5, 5.41) is 5.68. The molecule has 0 saturated heterocycles. The van der Waals surface area contributed by atoms with E-state index in [9.17, 15) is 9.59 Å². The number of nitrogens with one attached hydrogen (secondary N) is 2. The zero-order valence-corrected chi connectivity index (χ0v) is 19.3. The van der Waals surface area contributed by atoms with Gasteiger partial charge in [0.05, 0.1) is 14.2 Å². The van der Waals surface area contributed by atoms with Crippen molar-refractivity contribution in [2.45, 2.75) is 0 Å². The summed E-state index contributed by atoms with van der Waals surface area (Å²) in [5.41, 5.74) is 2.34. The molecule has 0 aliphatic carbocycles. The molecule has 0 aromatic heterocycles. The Bertz CT molecular complexity index is 1180. The standard InChI is InChI=1S/C28H24N2O5/c1-33-23-15-7-21(8-16-23)29-27(31)19-3-11-25(12-4-19)35-26-13-5-20(6-14-26)28(32)30-22-9-17-24(34-2)18-10-22/h3-18H,1-2H3,(H,29,31)(H,30,32). The predicted octanol–water partition coefficient (Wildman–Crippen LogP) is 6.00. The molecule has 0 saturated carbocycles. The average molecular weight is 469 g/mol. The molecule has 2 N–H and O–H groups in total. The molecule has 7 nitrogen and oxygen atoms in total. The first-order valence-electron chi connectivity index (χ1n) is 10.8. The summed E-state index contributed by atoms with van der Waals surface area (Å²) >= 11 is 0. The average Bonchev–Trinajstić information content (AvgIpc) is 2.90. The molecule has 0 atom stereocenters. The van der Waals surface area contributed by atoms with Crippen LogP contribution in [0.15, 0.2) is 97.1 Å². The molecule has 0 aliphatic rings. The van der Waals surface area contributed by atoms with Crippen LogP contribution < -0.4 is 24.8 Å². The van der Waals surface area contributed by atoms with E-state index < -0.39 is 0 Å². The zero-order valence-electron chi connectivity index (χ0n) is 19.3. The summed E-state index contributed by atoms with van der Waals surface area (Å²) < 4.78 is 16.1. The maximum atomic E-state index is 12.5. The van der Waals surface area contributed by atoms with E-state index in [-0.39, 0.29) is 11.8 Å².